The highest BCUT2D eigenvalue weighted by Crippen LogP contribution is 2.17. The molecule has 0 aromatic carbocycles. The summed E-state index contributed by atoms with van der Waals surface area (Å²) in [7, 11) is 0. The van der Waals surface area contributed by atoms with E-state index in [4.69, 9.17) is 9.52 Å². The smallest absolute Gasteiger partial charge is 0.340 e. The van der Waals surface area contributed by atoms with Crippen molar-refractivity contribution in [1.82, 2.24) is 0 Å². The van der Waals surface area contributed by atoms with Crippen LogP contribution in [0.25, 0.3) is 0 Å². The molecule has 0 unspecified atom stereocenters. The molecule has 0 saturated heterocycles. The Balaban J connectivity index is 3.13. The lowest BCUT2D eigenvalue weighted by atomic mass is 10.1. The lowest BCUT2D eigenvalue weighted by Crippen LogP contribution is -2.02. The van der Waals surface area contributed by atoms with Crippen LogP contribution in [0, 0.1) is 0 Å². The Morgan fingerprint density at radius 3 is 2.85 bits per heavy atom. The first-order chi connectivity index (χ1) is 6.20. The van der Waals surface area contributed by atoms with E-state index in [0.29, 0.717) is 18.3 Å². The van der Waals surface area contributed by atoms with Gasteiger partial charge < -0.3 is 9.52 Å². The fourth-order valence-corrected chi connectivity index (χ4v) is 1.19. The van der Waals surface area contributed by atoms with Crippen molar-refractivity contribution in [3.8, 4) is 0 Å². The van der Waals surface area contributed by atoms with E-state index in [2.05, 4.69) is 0 Å². The summed E-state index contributed by atoms with van der Waals surface area (Å²) in [5.41, 5.74) is 0.578. The van der Waals surface area contributed by atoms with Crippen LogP contribution >= 0.6 is 0 Å². The molecule has 70 valence electrons. The molecule has 13 heavy (non-hydrogen) atoms. The van der Waals surface area contributed by atoms with Crippen molar-refractivity contribution in [2.45, 2.75) is 19.8 Å². The monoisotopic (exact) mass is 182 g/mol. The van der Waals surface area contributed by atoms with Crippen molar-refractivity contribution in [2.75, 3.05) is 0 Å². The minimum atomic E-state index is -1.11. The minimum absolute atomic E-state index is 0.00292. The van der Waals surface area contributed by atoms with Gasteiger partial charge in [-0.15, -0.1) is 0 Å². The standard InChI is InChI=1S/C9H10O4/c1-2-3-6-5-13-7(4-10)8(6)9(11)12/h4-5H,2-3H2,1H3,(H,11,12). The average Bonchev–Trinajstić information content (AvgIpc) is 2.48. The van der Waals surface area contributed by atoms with E-state index in [9.17, 15) is 9.59 Å². The molecular weight excluding hydrogens is 172 g/mol. The largest absolute Gasteiger partial charge is 0.478 e. The van der Waals surface area contributed by atoms with Gasteiger partial charge in [-0.1, -0.05) is 13.3 Å². The molecule has 0 amide bonds. The zero-order valence-corrected chi connectivity index (χ0v) is 7.24. The van der Waals surface area contributed by atoms with E-state index < -0.39 is 5.97 Å². The predicted octanol–water partition coefficient (Wildman–Crippen LogP) is 1.74. The molecule has 1 heterocycles. The van der Waals surface area contributed by atoms with Gasteiger partial charge in [-0.3, -0.25) is 4.79 Å². The van der Waals surface area contributed by atoms with Gasteiger partial charge in [0.25, 0.3) is 0 Å². The SMILES string of the molecule is CCCc1coc(C=O)c1C(=O)O. The first-order valence-electron chi connectivity index (χ1n) is 3.99. The third-order valence-corrected chi connectivity index (χ3v) is 1.74. The van der Waals surface area contributed by atoms with Crippen LogP contribution in [0.4, 0.5) is 0 Å². The molecule has 0 radical (unpaired) electrons. The average molecular weight is 182 g/mol. The number of aromatic carboxylic acids is 1. The van der Waals surface area contributed by atoms with Gasteiger partial charge in [0.05, 0.1) is 6.26 Å². The molecule has 0 aliphatic heterocycles. The first kappa shape index (κ1) is 9.51. The zero-order chi connectivity index (χ0) is 9.84. The van der Waals surface area contributed by atoms with Crippen LogP contribution < -0.4 is 0 Å². The summed E-state index contributed by atoms with van der Waals surface area (Å²) < 4.78 is 4.81. The number of carboxylic acid groups (broad SMARTS) is 1. The molecule has 0 saturated carbocycles. The van der Waals surface area contributed by atoms with Crippen LogP contribution in [0.3, 0.4) is 0 Å². The Kier molecular flexibility index (Phi) is 2.84. The van der Waals surface area contributed by atoms with Gasteiger partial charge in [0.1, 0.15) is 5.56 Å². The fraction of sp³-hybridized carbons (Fsp3) is 0.333. The van der Waals surface area contributed by atoms with E-state index in [0.717, 1.165) is 6.42 Å². The van der Waals surface area contributed by atoms with Crippen molar-refractivity contribution >= 4 is 12.3 Å². The summed E-state index contributed by atoms with van der Waals surface area (Å²) in [6.45, 7) is 1.93. The van der Waals surface area contributed by atoms with Crippen LogP contribution in [-0.2, 0) is 6.42 Å². The number of aldehydes is 1. The number of rotatable bonds is 4. The maximum atomic E-state index is 10.7. The number of hydrogen-bond donors (Lipinski definition) is 1. The maximum absolute atomic E-state index is 10.7. The normalized spacial score (nSPS) is 9.92. The summed E-state index contributed by atoms with van der Waals surface area (Å²) in [6, 6.07) is 0. The Bertz CT molecular complexity index is 324. The number of hydrogen-bond acceptors (Lipinski definition) is 3. The van der Waals surface area contributed by atoms with Gasteiger partial charge >= 0.3 is 5.97 Å². The zero-order valence-electron chi connectivity index (χ0n) is 7.24. The van der Waals surface area contributed by atoms with E-state index in [1.54, 1.807) is 0 Å². The molecule has 4 heteroatoms. The van der Waals surface area contributed by atoms with Gasteiger partial charge in [-0.25, -0.2) is 4.79 Å². The Hall–Kier alpha value is -1.58. The van der Waals surface area contributed by atoms with Crippen LogP contribution in [0.5, 0.6) is 0 Å². The fourth-order valence-electron chi connectivity index (χ4n) is 1.19. The predicted molar refractivity (Wildman–Crippen MR) is 45.0 cm³/mol. The van der Waals surface area contributed by atoms with Crippen LogP contribution in [0.15, 0.2) is 10.7 Å². The van der Waals surface area contributed by atoms with Gasteiger partial charge in [0.2, 0.25) is 0 Å². The van der Waals surface area contributed by atoms with E-state index in [1.165, 1.54) is 6.26 Å². The molecule has 0 aliphatic carbocycles. The molecule has 1 aromatic heterocycles. The molecule has 0 fully saturated rings. The summed E-state index contributed by atoms with van der Waals surface area (Å²) >= 11 is 0. The highest BCUT2D eigenvalue weighted by atomic mass is 16.4. The lowest BCUT2D eigenvalue weighted by Gasteiger charge is -1.94. The van der Waals surface area contributed by atoms with Crippen molar-refractivity contribution in [3.63, 3.8) is 0 Å². The Morgan fingerprint density at radius 1 is 1.69 bits per heavy atom. The first-order valence-corrected chi connectivity index (χ1v) is 3.99. The van der Waals surface area contributed by atoms with Crippen LogP contribution in [0.2, 0.25) is 0 Å². The highest BCUT2D eigenvalue weighted by molar-refractivity contribution is 5.96. The van der Waals surface area contributed by atoms with E-state index in [1.807, 2.05) is 6.92 Å². The molecule has 0 aliphatic rings. The summed E-state index contributed by atoms with van der Waals surface area (Å²) in [5.74, 6) is -1.21. The summed E-state index contributed by atoms with van der Waals surface area (Å²) in [5, 5.41) is 8.77. The van der Waals surface area contributed by atoms with Gasteiger partial charge in [-0.05, 0) is 6.42 Å². The number of carboxylic acids is 1. The molecular formula is C9H10O4. The lowest BCUT2D eigenvalue weighted by molar-refractivity contribution is 0.0691. The third-order valence-electron chi connectivity index (χ3n) is 1.74. The number of aryl methyl sites for hydroxylation is 1. The number of furan rings is 1. The topological polar surface area (TPSA) is 67.5 Å². The summed E-state index contributed by atoms with van der Waals surface area (Å²) in [4.78, 5) is 21.1. The van der Waals surface area contributed by atoms with Gasteiger partial charge in [0, 0.05) is 5.56 Å². The maximum Gasteiger partial charge on any atom is 0.340 e. The van der Waals surface area contributed by atoms with Crippen LogP contribution in [-0.4, -0.2) is 17.4 Å². The summed E-state index contributed by atoms with van der Waals surface area (Å²) in [6.07, 6.45) is 3.18. The Labute approximate surface area is 75.2 Å². The minimum Gasteiger partial charge on any atom is -0.478 e. The quantitative estimate of drug-likeness (QED) is 0.720. The van der Waals surface area contributed by atoms with Crippen molar-refractivity contribution in [1.29, 1.82) is 0 Å². The number of carbonyl (C=O) groups excluding carboxylic acids is 1. The molecule has 1 N–H and O–H groups in total. The molecule has 0 spiro atoms. The number of carbonyl (C=O) groups is 2. The molecule has 0 atom stereocenters. The van der Waals surface area contributed by atoms with E-state index >= 15 is 0 Å². The Morgan fingerprint density at radius 2 is 2.38 bits per heavy atom. The highest BCUT2D eigenvalue weighted by Gasteiger charge is 2.18. The molecule has 1 aromatic rings. The molecule has 0 bridgehead atoms. The van der Waals surface area contributed by atoms with Crippen molar-refractivity contribution < 1.29 is 19.1 Å². The molecule has 4 nitrogen and oxygen atoms in total. The van der Waals surface area contributed by atoms with E-state index in [-0.39, 0.29) is 11.3 Å². The second kappa shape index (κ2) is 3.89. The van der Waals surface area contributed by atoms with Gasteiger partial charge in [0.15, 0.2) is 12.0 Å². The van der Waals surface area contributed by atoms with Crippen molar-refractivity contribution in [3.05, 3.63) is 23.2 Å². The second-order valence-electron chi connectivity index (χ2n) is 2.67. The van der Waals surface area contributed by atoms with Crippen LogP contribution in [0.1, 0.15) is 39.8 Å². The molecule has 1 rings (SSSR count). The van der Waals surface area contributed by atoms with Gasteiger partial charge in [-0.2, -0.15) is 0 Å². The van der Waals surface area contributed by atoms with Crippen molar-refractivity contribution in [2.24, 2.45) is 0 Å². The second-order valence-corrected chi connectivity index (χ2v) is 2.67. The third kappa shape index (κ3) is 1.77.